The van der Waals surface area contributed by atoms with Crippen LogP contribution in [0.4, 0.5) is 0 Å². The van der Waals surface area contributed by atoms with E-state index in [1.807, 2.05) is 48.5 Å². The molecule has 0 fully saturated rings. The fraction of sp³-hybridized carbons (Fsp3) is 0. The summed E-state index contributed by atoms with van der Waals surface area (Å²) < 4.78 is 0. The molecule has 1 heteroatoms. The second-order valence-corrected chi connectivity index (χ2v) is 4.60. The second kappa shape index (κ2) is 5.42. The predicted octanol–water partition coefficient (Wildman–Crippen LogP) is 4.89. The zero-order valence-corrected chi connectivity index (χ0v) is 11.0. The van der Waals surface area contributed by atoms with Gasteiger partial charge in [-0.3, -0.25) is 0 Å². The molecule has 0 N–H and O–H groups in total. The van der Waals surface area contributed by atoms with E-state index >= 15 is 0 Å². The highest BCUT2D eigenvalue weighted by Gasteiger charge is 2.06. The number of hydrogen-bond donors (Lipinski definition) is 0. The third-order valence-electron chi connectivity index (χ3n) is 3.34. The lowest BCUT2D eigenvalue weighted by Gasteiger charge is -2.10. The zero-order chi connectivity index (χ0) is 13.8. The summed E-state index contributed by atoms with van der Waals surface area (Å²) in [5.41, 5.74) is 5.41. The van der Waals surface area contributed by atoms with Crippen LogP contribution < -0.4 is 0 Å². The van der Waals surface area contributed by atoms with Crippen LogP contribution in [0.5, 0.6) is 0 Å². The number of nitriles is 1. The van der Waals surface area contributed by atoms with E-state index in [0.717, 1.165) is 5.56 Å². The number of hydrogen-bond acceptors (Lipinski definition) is 1. The van der Waals surface area contributed by atoms with Crippen LogP contribution in [-0.2, 0) is 0 Å². The average Bonchev–Trinajstić information content (AvgIpc) is 2.56. The Labute approximate surface area is 118 Å². The highest BCUT2D eigenvalue weighted by atomic mass is 14.2. The first-order chi connectivity index (χ1) is 9.88. The fourth-order valence-corrected chi connectivity index (χ4v) is 2.33. The zero-order valence-electron chi connectivity index (χ0n) is 11.0. The van der Waals surface area contributed by atoms with Gasteiger partial charge >= 0.3 is 0 Å². The maximum absolute atomic E-state index is 8.88. The Morgan fingerprint density at radius 3 is 1.60 bits per heavy atom. The standard InChI is InChI=1S/C19H13N/c20-14-15-10-12-17(13-11-15)19-9-5-4-8-18(19)16-6-2-1-3-7-16/h1-13H. The van der Waals surface area contributed by atoms with Gasteiger partial charge in [-0.15, -0.1) is 0 Å². The van der Waals surface area contributed by atoms with Crippen LogP contribution in [0, 0.1) is 11.3 Å². The van der Waals surface area contributed by atoms with Gasteiger partial charge in [-0.1, -0.05) is 66.7 Å². The summed E-state index contributed by atoms with van der Waals surface area (Å²) in [6.45, 7) is 0. The summed E-state index contributed by atoms with van der Waals surface area (Å²) >= 11 is 0. The Kier molecular flexibility index (Phi) is 3.31. The van der Waals surface area contributed by atoms with Crippen molar-refractivity contribution in [3.63, 3.8) is 0 Å². The molecule has 0 aliphatic carbocycles. The fourth-order valence-electron chi connectivity index (χ4n) is 2.33. The monoisotopic (exact) mass is 255 g/mol. The van der Waals surface area contributed by atoms with E-state index < -0.39 is 0 Å². The molecule has 94 valence electrons. The largest absolute Gasteiger partial charge is 0.192 e. The van der Waals surface area contributed by atoms with Crippen LogP contribution in [0.25, 0.3) is 22.3 Å². The van der Waals surface area contributed by atoms with Gasteiger partial charge in [-0.05, 0) is 34.4 Å². The molecule has 0 saturated heterocycles. The Morgan fingerprint density at radius 1 is 0.550 bits per heavy atom. The summed E-state index contributed by atoms with van der Waals surface area (Å²) in [5.74, 6) is 0. The molecule has 0 aliphatic heterocycles. The molecule has 0 aromatic heterocycles. The second-order valence-electron chi connectivity index (χ2n) is 4.60. The van der Waals surface area contributed by atoms with Gasteiger partial charge < -0.3 is 0 Å². The molecule has 0 bridgehead atoms. The summed E-state index contributed by atoms with van der Waals surface area (Å²) in [6.07, 6.45) is 0. The van der Waals surface area contributed by atoms with Crippen molar-refractivity contribution in [1.29, 1.82) is 5.26 Å². The van der Waals surface area contributed by atoms with E-state index in [4.69, 9.17) is 5.26 Å². The van der Waals surface area contributed by atoms with Gasteiger partial charge in [-0.25, -0.2) is 0 Å². The lowest BCUT2D eigenvalue weighted by Crippen LogP contribution is -1.85. The molecule has 0 unspecified atom stereocenters. The van der Waals surface area contributed by atoms with Gasteiger partial charge in [0, 0.05) is 0 Å². The molecule has 3 rings (SSSR count). The molecular formula is C19H13N. The molecule has 0 spiro atoms. The lowest BCUT2D eigenvalue weighted by molar-refractivity contribution is 1.48. The Bertz CT molecular complexity index is 750. The minimum absolute atomic E-state index is 0.686. The van der Waals surface area contributed by atoms with Crippen molar-refractivity contribution in [2.75, 3.05) is 0 Å². The van der Waals surface area contributed by atoms with Crippen molar-refractivity contribution < 1.29 is 0 Å². The van der Waals surface area contributed by atoms with Crippen LogP contribution in [0.3, 0.4) is 0 Å². The Morgan fingerprint density at radius 2 is 1.05 bits per heavy atom. The summed E-state index contributed by atoms with van der Waals surface area (Å²) in [6, 6.07) is 28.5. The van der Waals surface area contributed by atoms with Gasteiger partial charge in [-0.2, -0.15) is 5.26 Å². The van der Waals surface area contributed by atoms with E-state index in [1.54, 1.807) is 0 Å². The van der Waals surface area contributed by atoms with Crippen LogP contribution in [0.1, 0.15) is 5.56 Å². The van der Waals surface area contributed by atoms with Crippen LogP contribution in [0.15, 0.2) is 78.9 Å². The smallest absolute Gasteiger partial charge is 0.0991 e. The van der Waals surface area contributed by atoms with Gasteiger partial charge in [0.25, 0.3) is 0 Å². The maximum atomic E-state index is 8.88. The number of rotatable bonds is 2. The van der Waals surface area contributed by atoms with E-state index in [0.29, 0.717) is 5.56 Å². The van der Waals surface area contributed by atoms with Crippen LogP contribution in [0.2, 0.25) is 0 Å². The first-order valence-corrected chi connectivity index (χ1v) is 6.53. The van der Waals surface area contributed by atoms with E-state index in [2.05, 4.69) is 36.4 Å². The van der Waals surface area contributed by atoms with Crippen molar-refractivity contribution in [2.24, 2.45) is 0 Å². The van der Waals surface area contributed by atoms with Gasteiger partial charge in [0.05, 0.1) is 11.6 Å². The minimum Gasteiger partial charge on any atom is -0.192 e. The molecule has 0 aliphatic rings. The predicted molar refractivity (Wildman–Crippen MR) is 82.0 cm³/mol. The molecule has 0 radical (unpaired) electrons. The normalized spacial score (nSPS) is 9.95. The van der Waals surface area contributed by atoms with Crippen LogP contribution in [-0.4, -0.2) is 0 Å². The summed E-state index contributed by atoms with van der Waals surface area (Å²) in [4.78, 5) is 0. The highest BCUT2D eigenvalue weighted by molar-refractivity contribution is 5.83. The summed E-state index contributed by atoms with van der Waals surface area (Å²) in [7, 11) is 0. The molecule has 3 aromatic carbocycles. The number of benzene rings is 3. The van der Waals surface area contributed by atoms with Gasteiger partial charge in [0.2, 0.25) is 0 Å². The van der Waals surface area contributed by atoms with Gasteiger partial charge in [0.1, 0.15) is 0 Å². The molecule has 20 heavy (non-hydrogen) atoms. The van der Waals surface area contributed by atoms with Crippen molar-refractivity contribution >= 4 is 0 Å². The third-order valence-corrected chi connectivity index (χ3v) is 3.34. The van der Waals surface area contributed by atoms with E-state index in [-0.39, 0.29) is 0 Å². The first kappa shape index (κ1) is 12.2. The van der Waals surface area contributed by atoms with Crippen molar-refractivity contribution in [3.05, 3.63) is 84.4 Å². The Balaban J connectivity index is 2.12. The molecule has 1 nitrogen and oxygen atoms in total. The molecule has 0 heterocycles. The first-order valence-electron chi connectivity index (χ1n) is 6.53. The third kappa shape index (κ3) is 2.32. The SMILES string of the molecule is N#Cc1ccc(-c2ccccc2-c2ccccc2)cc1. The molecule has 0 atom stereocenters. The molecule has 0 saturated carbocycles. The Hall–Kier alpha value is -2.85. The highest BCUT2D eigenvalue weighted by Crippen LogP contribution is 2.31. The minimum atomic E-state index is 0.686. The average molecular weight is 255 g/mol. The lowest BCUT2D eigenvalue weighted by atomic mass is 9.94. The molecule has 3 aromatic rings. The van der Waals surface area contributed by atoms with Gasteiger partial charge in [0.15, 0.2) is 0 Å². The molecule has 0 amide bonds. The van der Waals surface area contributed by atoms with E-state index in [1.165, 1.54) is 16.7 Å². The van der Waals surface area contributed by atoms with Crippen molar-refractivity contribution in [1.82, 2.24) is 0 Å². The molecular weight excluding hydrogens is 242 g/mol. The van der Waals surface area contributed by atoms with Crippen LogP contribution >= 0.6 is 0 Å². The maximum Gasteiger partial charge on any atom is 0.0991 e. The van der Waals surface area contributed by atoms with Crippen molar-refractivity contribution in [3.8, 4) is 28.3 Å². The number of nitrogens with zero attached hydrogens (tertiary/aromatic N) is 1. The van der Waals surface area contributed by atoms with Crippen molar-refractivity contribution in [2.45, 2.75) is 0 Å². The summed E-state index contributed by atoms with van der Waals surface area (Å²) in [5, 5.41) is 8.88. The quantitative estimate of drug-likeness (QED) is 0.639. The van der Waals surface area contributed by atoms with E-state index in [9.17, 15) is 0 Å². The topological polar surface area (TPSA) is 23.8 Å².